The van der Waals surface area contributed by atoms with E-state index in [9.17, 15) is 4.79 Å². The van der Waals surface area contributed by atoms with E-state index in [2.05, 4.69) is 25.1 Å². The molecule has 0 unspecified atom stereocenters. The number of nitrogens with one attached hydrogen (secondary N) is 2. The minimum Gasteiger partial charge on any atom is -0.312 e. The van der Waals surface area contributed by atoms with E-state index in [1.165, 1.54) is 12.7 Å². The van der Waals surface area contributed by atoms with E-state index in [1.54, 1.807) is 0 Å². The van der Waals surface area contributed by atoms with Crippen molar-refractivity contribution in [3.8, 4) is 0 Å². The van der Waals surface area contributed by atoms with Gasteiger partial charge in [-0.15, -0.1) is 0 Å². The molecule has 72 valence electrons. The summed E-state index contributed by atoms with van der Waals surface area (Å²) in [5, 5.41) is 7.26. The molecular weight excluding hydrogens is 226 g/mol. The first kappa shape index (κ1) is 9.22. The first-order valence-corrected chi connectivity index (χ1v) is 4.73. The maximum absolute atomic E-state index is 11.1. The minimum absolute atomic E-state index is 0.0499. The summed E-state index contributed by atoms with van der Waals surface area (Å²) in [7, 11) is 0. The molecule has 0 aliphatic carbocycles. The number of hydrogen-bond acceptors (Lipinski definition) is 5. The van der Waals surface area contributed by atoms with Crippen LogP contribution in [0.3, 0.4) is 0 Å². The first-order chi connectivity index (χ1) is 6.77. The Labute approximate surface area is 87.1 Å². The summed E-state index contributed by atoms with van der Waals surface area (Å²) in [6, 6.07) is 0. The van der Waals surface area contributed by atoms with Gasteiger partial charge in [-0.25, -0.2) is 9.97 Å². The van der Waals surface area contributed by atoms with Gasteiger partial charge < -0.3 is 4.98 Å². The highest BCUT2D eigenvalue weighted by Gasteiger charge is 2.08. The average molecular weight is 230 g/mol. The van der Waals surface area contributed by atoms with Gasteiger partial charge in [-0.3, -0.25) is 9.89 Å². The van der Waals surface area contributed by atoms with Crippen LogP contribution in [0.1, 0.15) is 0 Å². The summed E-state index contributed by atoms with van der Waals surface area (Å²) in [5.41, 5.74) is -0.372. The van der Waals surface area contributed by atoms with Gasteiger partial charge in [0, 0.05) is 0 Å². The van der Waals surface area contributed by atoms with Crippen molar-refractivity contribution in [2.75, 3.05) is 0 Å². The molecule has 2 aromatic rings. The van der Waals surface area contributed by atoms with Gasteiger partial charge in [-0.05, 0) is 11.8 Å². The van der Waals surface area contributed by atoms with E-state index < -0.39 is 0 Å². The van der Waals surface area contributed by atoms with Crippen LogP contribution >= 0.6 is 23.4 Å². The Hall–Kier alpha value is -1.34. The summed E-state index contributed by atoms with van der Waals surface area (Å²) in [4.78, 5) is 21.2. The lowest BCUT2D eigenvalue weighted by Gasteiger charge is -1.96. The fraction of sp³-hybridized carbons (Fsp3) is 0. The van der Waals surface area contributed by atoms with Crippen molar-refractivity contribution in [1.29, 1.82) is 0 Å². The monoisotopic (exact) mass is 229 g/mol. The predicted molar refractivity (Wildman–Crippen MR) is 50.4 cm³/mol. The summed E-state index contributed by atoms with van der Waals surface area (Å²) in [6.07, 6.45) is 2.65. The van der Waals surface area contributed by atoms with Gasteiger partial charge in [0.2, 0.25) is 0 Å². The fourth-order valence-electron chi connectivity index (χ4n) is 0.773. The molecule has 8 heteroatoms. The van der Waals surface area contributed by atoms with Crippen LogP contribution in [0.4, 0.5) is 0 Å². The lowest BCUT2D eigenvalue weighted by atomic mass is 10.7. The van der Waals surface area contributed by atoms with Crippen LogP contribution in [0.5, 0.6) is 0 Å². The summed E-state index contributed by atoms with van der Waals surface area (Å²) < 4.78 is 0. The second-order valence-electron chi connectivity index (χ2n) is 2.24. The molecule has 2 aromatic heterocycles. The fourth-order valence-corrected chi connectivity index (χ4v) is 1.66. The van der Waals surface area contributed by atoms with Crippen molar-refractivity contribution in [3.63, 3.8) is 0 Å². The third-order valence-electron chi connectivity index (χ3n) is 1.35. The molecule has 6 nitrogen and oxygen atoms in total. The molecule has 0 radical (unpaired) electrons. The third kappa shape index (κ3) is 1.78. The predicted octanol–water partition coefficient (Wildman–Crippen LogP) is 0.693. The number of rotatable bonds is 2. The smallest absolute Gasteiger partial charge is 0.270 e. The van der Waals surface area contributed by atoms with Crippen LogP contribution < -0.4 is 5.56 Å². The van der Waals surface area contributed by atoms with Gasteiger partial charge in [0.1, 0.15) is 16.4 Å². The number of hydrogen-bond donors (Lipinski definition) is 2. The minimum atomic E-state index is -0.372. The molecule has 0 bridgehead atoms. The quantitative estimate of drug-likeness (QED) is 0.740. The molecule has 14 heavy (non-hydrogen) atoms. The average Bonchev–Trinajstić information content (AvgIpc) is 2.66. The Kier molecular flexibility index (Phi) is 2.51. The van der Waals surface area contributed by atoms with Crippen molar-refractivity contribution < 1.29 is 0 Å². The molecule has 0 atom stereocenters. The Bertz CT molecular complexity index is 481. The number of aromatic nitrogens is 5. The van der Waals surface area contributed by atoms with Crippen LogP contribution in [0.2, 0.25) is 5.02 Å². The van der Waals surface area contributed by atoms with Crippen LogP contribution in [-0.2, 0) is 0 Å². The van der Waals surface area contributed by atoms with Gasteiger partial charge in [-0.2, -0.15) is 5.10 Å². The zero-order chi connectivity index (χ0) is 9.97. The molecule has 0 aliphatic heterocycles. The van der Waals surface area contributed by atoms with Crippen molar-refractivity contribution in [2.45, 2.75) is 10.2 Å². The lowest BCUT2D eigenvalue weighted by Crippen LogP contribution is -2.07. The van der Waals surface area contributed by atoms with Gasteiger partial charge in [-0.1, -0.05) is 11.6 Å². The second-order valence-corrected chi connectivity index (χ2v) is 3.60. The van der Waals surface area contributed by atoms with E-state index in [0.29, 0.717) is 10.2 Å². The Morgan fingerprint density at radius 2 is 2.29 bits per heavy atom. The third-order valence-corrected chi connectivity index (χ3v) is 2.71. The van der Waals surface area contributed by atoms with Gasteiger partial charge in [0.15, 0.2) is 5.16 Å². The zero-order valence-electron chi connectivity index (χ0n) is 6.69. The molecule has 0 spiro atoms. The van der Waals surface area contributed by atoms with Crippen LogP contribution in [-0.4, -0.2) is 25.1 Å². The lowest BCUT2D eigenvalue weighted by molar-refractivity contribution is 0.958. The van der Waals surface area contributed by atoms with E-state index in [4.69, 9.17) is 11.6 Å². The van der Waals surface area contributed by atoms with Crippen molar-refractivity contribution >= 4 is 23.4 Å². The van der Waals surface area contributed by atoms with Gasteiger partial charge in [0.25, 0.3) is 5.56 Å². The standard InChI is InChI=1S/C6H4ClN5OS/c7-3-4(13)8-1-9-5(3)14-6-10-2-11-12-6/h1-2H,(H,8,9,13)(H,10,11,12). The summed E-state index contributed by atoms with van der Waals surface area (Å²) in [5.74, 6) is 0. The highest BCUT2D eigenvalue weighted by molar-refractivity contribution is 7.99. The molecule has 2 rings (SSSR count). The molecule has 0 fully saturated rings. The normalized spacial score (nSPS) is 10.4. The Morgan fingerprint density at radius 3 is 3.00 bits per heavy atom. The van der Waals surface area contributed by atoms with Gasteiger partial charge >= 0.3 is 0 Å². The van der Waals surface area contributed by atoms with Crippen molar-refractivity contribution in [1.82, 2.24) is 25.1 Å². The molecule has 0 amide bonds. The van der Waals surface area contributed by atoms with Crippen LogP contribution in [0, 0.1) is 0 Å². The summed E-state index contributed by atoms with van der Waals surface area (Å²) >= 11 is 6.86. The molecule has 0 aromatic carbocycles. The number of aromatic amines is 2. The zero-order valence-corrected chi connectivity index (χ0v) is 8.26. The van der Waals surface area contributed by atoms with Crippen LogP contribution in [0.25, 0.3) is 0 Å². The summed E-state index contributed by atoms with van der Waals surface area (Å²) in [6.45, 7) is 0. The van der Waals surface area contributed by atoms with E-state index in [0.717, 1.165) is 11.8 Å². The molecule has 0 saturated heterocycles. The Morgan fingerprint density at radius 1 is 1.43 bits per heavy atom. The number of halogens is 1. The first-order valence-electron chi connectivity index (χ1n) is 3.54. The highest BCUT2D eigenvalue weighted by Crippen LogP contribution is 2.25. The van der Waals surface area contributed by atoms with E-state index >= 15 is 0 Å². The van der Waals surface area contributed by atoms with E-state index in [1.807, 2.05) is 0 Å². The number of H-pyrrole nitrogens is 2. The SMILES string of the molecule is O=c1[nH]cnc(Sc2ncn[nH]2)c1Cl. The van der Waals surface area contributed by atoms with Crippen molar-refractivity contribution in [2.24, 2.45) is 0 Å². The largest absolute Gasteiger partial charge is 0.312 e. The van der Waals surface area contributed by atoms with Crippen molar-refractivity contribution in [3.05, 3.63) is 28.0 Å². The van der Waals surface area contributed by atoms with Gasteiger partial charge in [0.05, 0.1) is 6.33 Å². The highest BCUT2D eigenvalue weighted by atomic mass is 35.5. The maximum Gasteiger partial charge on any atom is 0.270 e. The molecule has 0 aliphatic rings. The van der Waals surface area contributed by atoms with Crippen LogP contribution in [0.15, 0.2) is 27.6 Å². The Balaban J connectivity index is 2.34. The maximum atomic E-state index is 11.1. The molecule has 0 saturated carbocycles. The number of nitrogens with zero attached hydrogens (tertiary/aromatic N) is 3. The van der Waals surface area contributed by atoms with E-state index in [-0.39, 0.29) is 10.6 Å². The second kappa shape index (κ2) is 3.81. The topological polar surface area (TPSA) is 87.3 Å². The molecule has 2 heterocycles. The molecular formula is C6H4ClN5OS. The molecule has 2 N–H and O–H groups in total.